The largest absolute Gasteiger partial charge is 0.388 e. The molecule has 2 atom stereocenters. The second-order valence-electron chi connectivity index (χ2n) is 4.92. The van der Waals surface area contributed by atoms with E-state index < -0.39 is 23.7 Å². The molecule has 0 bridgehead atoms. The number of hydrogen-bond donors (Lipinski definition) is 2. The molecule has 0 spiro atoms. The summed E-state index contributed by atoms with van der Waals surface area (Å²) in [6, 6.07) is 8.36. The van der Waals surface area contributed by atoms with E-state index in [0.717, 1.165) is 0 Å². The van der Waals surface area contributed by atoms with Crippen LogP contribution in [0.1, 0.15) is 28.7 Å². The topological polar surface area (TPSA) is 46.2 Å². The Hall–Kier alpha value is -1.49. The Kier molecular flexibility index (Phi) is 4.93. The number of aliphatic hydroxyl groups excluding tert-OH is 1. The Balaban J connectivity index is 2.46. The first kappa shape index (κ1) is 15.9. The van der Waals surface area contributed by atoms with E-state index in [2.05, 4.69) is 0 Å². The molecule has 5 heteroatoms. The summed E-state index contributed by atoms with van der Waals surface area (Å²) >= 11 is 6.03. The molecule has 0 saturated carbocycles. The van der Waals surface area contributed by atoms with E-state index in [9.17, 15) is 13.9 Å². The van der Waals surface area contributed by atoms with Crippen LogP contribution >= 0.6 is 11.6 Å². The molecule has 2 unspecified atom stereocenters. The summed E-state index contributed by atoms with van der Waals surface area (Å²) in [7, 11) is 0. The summed E-state index contributed by atoms with van der Waals surface area (Å²) in [5.74, 6) is -1.61. The highest BCUT2D eigenvalue weighted by Crippen LogP contribution is 2.36. The van der Waals surface area contributed by atoms with Crippen molar-refractivity contribution in [2.45, 2.75) is 18.9 Å². The predicted molar refractivity (Wildman–Crippen MR) is 79.3 cm³/mol. The molecule has 0 aliphatic carbocycles. The van der Waals surface area contributed by atoms with Gasteiger partial charge < -0.3 is 10.8 Å². The molecule has 2 nitrogen and oxygen atoms in total. The molecule has 2 aromatic rings. The van der Waals surface area contributed by atoms with E-state index in [0.29, 0.717) is 11.1 Å². The molecule has 2 aromatic carbocycles. The maximum atomic E-state index is 14.0. The quantitative estimate of drug-likeness (QED) is 0.904. The lowest BCUT2D eigenvalue weighted by molar-refractivity contribution is 0.145. The minimum absolute atomic E-state index is 0.0125. The van der Waals surface area contributed by atoms with E-state index in [-0.39, 0.29) is 17.1 Å². The molecule has 2 rings (SSSR count). The third kappa shape index (κ3) is 3.23. The fourth-order valence-corrected chi connectivity index (χ4v) is 2.76. The average molecular weight is 312 g/mol. The Morgan fingerprint density at radius 2 is 1.95 bits per heavy atom. The highest BCUT2D eigenvalue weighted by atomic mass is 35.5. The van der Waals surface area contributed by atoms with Gasteiger partial charge in [0.2, 0.25) is 0 Å². The van der Waals surface area contributed by atoms with Gasteiger partial charge in [0.1, 0.15) is 11.6 Å². The van der Waals surface area contributed by atoms with Gasteiger partial charge in [-0.15, -0.1) is 0 Å². The van der Waals surface area contributed by atoms with Gasteiger partial charge >= 0.3 is 0 Å². The van der Waals surface area contributed by atoms with Gasteiger partial charge in [-0.1, -0.05) is 23.7 Å². The van der Waals surface area contributed by atoms with E-state index >= 15 is 0 Å². The van der Waals surface area contributed by atoms with Crippen molar-refractivity contribution in [3.63, 3.8) is 0 Å². The van der Waals surface area contributed by atoms with Crippen LogP contribution in [0.2, 0.25) is 5.02 Å². The Bertz CT molecular complexity index is 628. The third-order valence-electron chi connectivity index (χ3n) is 3.56. The molecule has 3 N–H and O–H groups in total. The molecule has 21 heavy (non-hydrogen) atoms. The van der Waals surface area contributed by atoms with Crippen molar-refractivity contribution in [2.75, 3.05) is 6.54 Å². The fraction of sp³-hybridized carbons (Fsp3) is 0.250. The van der Waals surface area contributed by atoms with Gasteiger partial charge in [-0.2, -0.15) is 0 Å². The molecule has 0 amide bonds. The summed E-state index contributed by atoms with van der Waals surface area (Å²) in [5, 5.41) is 10.7. The van der Waals surface area contributed by atoms with Crippen LogP contribution in [-0.2, 0) is 0 Å². The van der Waals surface area contributed by atoms with Crippen molar-refractivity contribution in [3.05, 3.63) is 69.7 Å². The van der Waals surface area contributed by atoms with Gasteiger partial charge in [-0.05, 0) is 42.3 Å². The Labute approximate surface area is 127 Å². The zero-order chi connectivity index (χ0) is 15.6. The highest BCUT2D eigenvalue weighted by molar-refractivity contribution is 6.31. The molecule has 0 aliphatic heterocycles. The minimum atomic E-state index is -1.06. The maximum Gasteiger partial charge on any atom is 0.128 e. The van der Waals surface area contributed by atoms with Crippen molar-refractivity contribution in [3.8, 4) is 0 Å². The van der Waals surface area contributed by atoms with Gasteiger partial charge in [0.25, 0.3) is 0 Å². The molecule has 0 radical (unpaired) electrons. The third-order valence-corrected chi connectivity index (χ3v) is 3.89. The summed E-state index contributed by atoms with van der Waals surface area (Å²) < 4.78 is 27.2. The van der Waals surface area contributed by atoms with Crippen LogP contribution in [-0.4, -0.2) is 11.7 Å². The van der Waals surface area contributed by atoms with Gasteiger partial charge in [0, 0.05) is 23.0 Å². The van der Waals surface area contributed by atoms with Crippen LogP contribution in [0, 0.1) is 18.6 Å². The van der Waals surface area contributed by atoms with E-state index in [1.165, 1.54) is 30.3 Å². The lowest BCUT2D eigenvalue weighted by Crippen LogP contribution is -2.22. The molecule has 0 saturated heterocycles. The fourth-order valence-electron chi connectivity index (χ4n) is 2.46. The monoisotopic (exact) mass is 311 g/mol. The van der Waals surface area contributed by atoms with Crippen molar-refractivity contribution >= 4 is 11.6 Å². The normalized spacial score (nSPS) is 14.0. The molecular weight excluding hydrogens is 296 g/mol. The van der Waals surface area contributed by atoms with Crippen molar-refractivity contribution < 1.29 is 13.9 Å². The van der Waals surface area contributed by atoms with Crippen LogP contribution in [0.25, 0.3) is 0 Å². The lowest BCUT2D eigenvalue weighted by Gasteiger charge is -2.25. The van der Waals surface area contributed by atoms with Gasteiger partial charge in [0.05, 0.1) is 6.10 Å². The number of aliphatic hydroxyl groups is 1. The predicted octanol–water partition coefficient (Wildman–Crippen LogP) is 3.70. The molecule has 0 aromatic heterocycles. The van der Waals surface area contributed by atoms with Crippen LogP contribution in [0.3, 0.4) is 0 Å². The maximum absolute atomic E-state index is 14.0. The van der Waals surface area contributed by atoms with Crippen LogP contribution in [0.15, 0.2) is 36.4 Å². The lowest BCUT2D eigenvalue weighted by atomic mass is 9.87. The number of nitrogens with two attached hydrogens (primary N) is 1. The summed E-state index contributed by atoms with van der Waals surface area (Å²) in [5.41, 5.74) is 6.96. The van der Waals surface area contributed by atoms with Crippen molar-refractivity contribution in [1.82, 2.24) is 0 Å². The van der Waals surface area contributed by atoms with Gasteiger partial charge in [0.15, 0.2) is 0 Å². The molecule has 112 valence electrons. The van der Waals surface area contributed by atoms with E-state index in [1.807, 2.05) is 0 Å². The van der Waals surface area contributed by atoms with Gasteiger partial charge in [-0.3, -0.25) is 0 Å². The van der Waals surface area contributed by atoms with Crippen molar-refractivity contribution in [2.24, 2.45) is 5.73 Å². The Morgan fingerprint density at radius 1 is 1.24 bits per heavy atom. The number of hydrogen-bond acceptors (Lipinski definition) is 2. The SMILES string of the molecule is Cc1cc(F)ccc1C(O)C(CN)c1c(F)cccc1Cl. The summed E-state index contributed by atoms with van der Waals surface area (Å²) in [6.07, 6.45) is -1.06. The average Bonchev–Trinajstić information content (AvgIpc) is 2.42. The number of benzene rings is 2. The van der Waals surface area contributed by atoms with Crippen LogP contribution in [0.4, 0.5) is 8.78 Å². The van der Waals surface area contributed by atoms with E-state index in [1.54, 1.807) is 13.0 Å². The molecular formula is C16H16ClF2NO. The standard InChI is InChI=1S/C16H16ClF2NO/c1-9-7-10(18)5-6-11(9)16(21)12(8-20)15-13(17)3-2-4-14(15)19/h2-7,12,16,21H,8,20H2,1H3. The number of halogens is 3. The number of rotatable bonds is 4. The molecule has 0 fully saturated rings. The zero-order valence-corrected chi connectivity index (χ0v) is 12.2. The van der Waals surface area contributed by atoms with Crippen LogP contribution in [0.5, 0.6) is 0 Å². The minimum Gasteiger partial charge on any atom is -0.388 e. The smallest absolute Gasteiger partial charge is 0.128 e. The summed E-state index contributed by atoms with van der Waals surface area (Å²) in [4.78, 5) is 0. The molecule has 0 aliphatic rings. The van der Waals surface area contributed by atoms with E-state index in [4.69, 9.17) is 17.3 Å². The molecule has 0 heterocycles. The Morgan fingerprint density at radius 3 is 2.52 bits per heavy atom. The van der Waals surface area contributed by atoms with Crippen molar-refractivity contribution in [1.29, 1.82) is 0 Å². The first-order chi connectivity index (χ1) is 9.95. The van der Waals surface area contributed by atoms with Gasteiger partial charge in [-0.25, -0.2) is 8.78 Å². The first-order valence-electron chi connectivity index (χ1n) is 6.53. The second-order valence-corrected chi connectivity index (χ2v) is 5.33. The number of aryl methyl sites for hydroxylation is 1. The van der Waals surface area contributed by atoms with Crippen LogP contribution < -0.4 is 5.73 Å². The first-order valence-corrected chi connectivity index (χ1v) is 6.91. The zero-order valence-electron chi connectivity index (χ0n) is 11.5. The second kappa shape index (κ2) is 6.52. The highest BCUT2D eigenvalue weighted by Gasteiger charge is 2.27. The summed E-state index contributed by atoms with van der Waals surface area (Å²) in [6.45, 7) is 1.69.